The zero-order valence-corrected chi connectivity index (χ0v) is 12.9. The molecule has 8 heteroatoms. The number of hydrogen-bond acceptors (Lipinski definition) is 5. The number of rotatable bonds is 4. The Hall–Kier alpha value is -3.00. The van der Waals surface area contributed by atoms with Crippen molar-refractivity contribution in [2.75, 3.05) is 17.7 Å². The molecule has 0 radical (unpaired) electrons. The summed E-state index contributed by atoms with van der Waals surface area (Å²) >= 11 is 5.15. The van der Waals surface area contributed by atoms with E-state index in [4.69, 9.17) is 12.2 Å². The van der Waals surface area contributed by atoms with Crippen LogP contribution < -0.4 is 10.6 Å². The number of methoxy groups -OCH3 is 1. The van der Waals surface area contributed by atoms with Gasteiger partial charge in [0, 0.05) is 23.5 Å². The van der Waals surface area contributed by atoms with Crippen molar-refractivity contribution in [2.45, 2.75) is 0 Å². The van der Waals surface area contributed by atoms with Gasteiger partial charge in [-0.3, -0.25) is 10.1 Å². The van der Waals surface area contributed by atoms with Gasteiger partial charge in [-0.25, -0.2) is 4.79 Å². The van der Waals surface area contributed by atoms with Gasteiger partial charge < -0.3 is 15.4 Å². The molecule has 0 spiro atoms. The average Bonchev–Trinajstić information content (AvgIpc) is 2.55. The summed E-state index contributed by atoms with van der Waals surface area (Å²) < 4.78 is 4.61. The van der Waals surface area contributed by atoms with Crippen molar-refractivity contribution in [1.82, 2.24) is 0 Å². The molecular weight excluding hydrogens is 318 g/mol. The maximum Gasteiger partial charge on any atom is 0.337 e. The Morgan fingerprint density at radius 2 is 1.78 bits per heavy atom. The van der Waals surface area contributed by atoms with Crippen LogP contribution in [0.4, 0.5) is 17.1 Å². The first-order chi connectivity index (χ1) is 11.0. The van der Waals surface area contributed by atoms with E-state index in [1.54, 1.807) is 36.4 Å². The molecule has 0 heterocycles. The molecule has 0 fully saturated rings. The zero-order chi connectivity index (χ0) is 16.8. The van der Waals surface area contributed by atoms with Crippen molar-refractivity contribution in [1.29, 1.82) is 0 Å². The van der Waals surface area contributed by atoms with Crippen LogP contribution in [0.15, 0.2) is 48.5 Å². The van der Waals surface area contributed by atoms with E-state index in [1.165, 1.54) is 19.2 Å². The Morgan fingerprint density at radius 3 is 2.39 bits per heavy atom. The Morgan fingerprint density at radius 1 is 1.13 bits per heavy atom. The molecule has 2 N–H and O–H groups in total. The molecule has 7 nitrogen and oxygen atoms in total. The molecule has 0 aliphatic rings. The molecule has 0 aliphatic heterocycles. The lowest BCUT2D eigenvalue weighted by molar-refractivity contribution is -0.384. The molecular formula is C15H13N3O4S. The summed E-state index contributed by atoms with van der Waals surface area (Å²) in [5, 5.41) is 16.8. The highest BCUT2D eigenvalue weighted by Gasteiger charge is 2.07. The molecule has 0 saturated heterocycles. The summed E-state index contributed by atoms with van der Waals surface area (Å²) in [6, 6.07) is 12.6. The largest absolute Gasteiger partial charge is 0.465 e. The topological polar surface area (TPSA) is 93.5 Å². The molecule has 0 saturated carbocycles. The van der Waals surface area contributed by atoms with Gasteiger partial charge in [0.05, 0.1) is 17.6 Å². The monoisotopic (exact) mass is 331 g/mol. The molecule has 0 amide bonds. The highest BCUT2D eigenvalue weighted by atomic mass is 32.1. The number of esters is 1. The lowest BCUT2D eigenvalue weighted by Crippen LogP contribution is -2.19. The Labute approximate surface area is 137 Å². The second kappa shape index (κ2) is 7.32. The van der Waals surface area contributed by atoms with Gasteiger partial charge in [0.25, 0.3) is 5.69 Å². The molecule has 2 rings (SSSR count). The van der Waals surface area contributed by atoms with Crippen LogP contribution in [-0.4, -0.2) is 23.1 Å². The lowest BCUT2D eigenvalue weighted by atomic mass is 10.2. The van der Waals surface area contributed by atoms with Gasteiger partial charge in [-0.1, -0.05) is 6.07 Å². The van der Waals surface area contributed by atoms with Crippen LogP contribution in [0.2, 0.25) is 0 Å². The number of nitrogens with one attached hydrogen (secondary N) is 2. The van der Waals surface area contributed by atoms with Gasteiger partial charge in [0.15, 0.2) is 5.11 Å². The molecule has 0 aromatic heterocycles. The van der Waals surface area contributed by atoms with E-state index in [9.17, 15) is 14.9 Å². The molecule has 118 valence electrons. The van der Waals surface area contributed by atoms with Crippen molar-refractivity contribution in [3.05, 3.63) is 64.2 Å². The summed E-state index contributed by atoms with van der Waals surface area (Å²) in [6.45, 7) is 0. The number of nitrogens with zero attached hydrogens (tertiary/aromatic N) is 1. The van der Waals surface area contributed by atoms with Crippen LogP contribution in [-0.2, 0) is 4.74 Å². The quantitative estimate of drug-likeness (QED) is 0.384. The number of carbonyl (C=O) groups is 1. The van der Waals surface area contributed by atoms with Crippen LogP contribution in [0, 0.1) is 10.1 Å². The van der Waals surface area contributed by atoms with Crippen molar-refractivity contribution in [3.63, 3.8) is 0 Å². The number of hydrogen-bond donors (Lipinski definition) is 2. The standard InChI is InChI=1S/C15H13N3O4S/c1-22-14(19)10-5-7-11(8-6-10)16-15(23)17-12-3-2-4-13(9-12)18(20)21/h2-9H,1H3,(H2,16,17,23). The Kier molecular flexibility index (Phi) is 5.21. The molecule has 0 unspecified atom stereocenters. The fourth-order valence-electron chi connectivity index (χ4n) is 1.80. The molecule has 23 heavy (non-hydrogen) atoms. The molecule has 0 bridgehead atoms. The van der Waals surface area contributed by atoms with Gasteiger partial charge in [0.1, 0.15) is 0 Å². The minimum Gasteiger partial charge on any atom is -0.465 e. The number of nitro benzene ring substituents is 1. The number of non-ortho nitro benzene ring substituents is 1. The Bertz CT molecular complexity index is 747. The highest BCUT2D eigenvalue weighted by molar-refractivity contribution is 7.80. The normalized spacial score (nSPS) is 9.78. The van der Waals surface area contributed by atoms with Gasteiger partial charge in [-0.2, -0.15) is 0 Å². The fraction of sp³-hybridized carbons (Fsp3) is 0.0667. The first kappa shape index (κ1) is 16.4. The number of nitro groups is 1. The second-order valence-corrected chi connectivity index (χ2v) is 4.86. The van der Waals surface area contributed by atoms with Crippen molar-refractivity contribution >= 4 is 40.4 Å². The maximum absolute atomic E-state index is 11.3. The summed E-state index contributed by atoms with van der Waals surface area (Å²) in [5.41, 5.74) is 1.57. The zero-order valence-electron chi connectivity index (χ0n) is 12.1. The lowest BCUT2D eigenvalue weighted by Gasteiger charge is -2.10. The van der Waals surface area contributed by atoms with E-state index in [0.717, 1.165) is 0 Å². The summed E-state index contributed by atoms with van der Waals surface area (Å²) in [4.78, 5) is 21.6. The maximum atomic E-state index is 11.3. The predicted octanol–water partition coefficient (Wildman–Crippen LogP) is 3.19. The van der Waals surface area contributed by atoms with Crippen molar-refractivity contribution in [2.24, 2.45) is 0 Å². The fourth-order valence-corrected chi connectivity index (χ4v) is 2.03. The average molecular weight is 331 g/mol. The van der Waals surface area contributed by atoms with Crippen LogP contribution in [0.5, 0.6) is 0 Å². The third-order valence-corrected chi connectivity index (χ3v) is 3.08. The van der Waals surface area contributed by atoms with Gasteiger partial charge in [0.2, 0.25) is 0 Å². The number of ether oxygens (including phenoxy) is 1. The van der Waals surface area contributed by atoms with Gasteiger partial charge in [-0.05, 0) is 42.5 Å². The van der Waals surface area contributed by atoms with E-state index in [1.807, 2.05) is 0 Å². The molecule has 0 aliphatic carbocycles. The minimum absolute atomic E-state index is 0.0276. The number of thiocarbonyl (C=S) groups is 1. The minimum atomic E-state index is -0.479. The highest BCUT2D eigenvalue weighted by Crippen LogP contribution is 2.17. The predicted molar refractivity (Wildman–Crippen MR) is 90.7 cm³/mol. The third kappa shape index (κ3) is 4.48. The van der Waals surface area contributed by atoms with Crippen LogP contribution in [0.25, 0.3) is 0 Å². The van der Waals surface area contributed by atoms with Crippen LogP contribution in [0.1, 0.15) is 10.4 Å². The SMILES string of the molecule is COC(=O)c1ccc(NC(=S)Nc2cccc([N+](=O)[O-])c2)cc1. The van der Waals surface area contributed by atoms with Gasteiger partial charge in [-0.15, -0.1) is 0 Å². The smallest absolute Gasteiger partial charge is 0.337 e. The summed E-state index contributed by atoms with van der Waals surface area (Å²) in [6.07, 6.45) is 0. The summed E-state index contributed by atoms with van der Waals surface area (Å²) in [5.74, 6) is -0.422. The number of anilines is 2. The van der Waals surface area contributed by atoms with E-state index < -0.39 is 10.9 Å². The number of benzene rings is 2. The van der Waals surface area contributed by atoms with Crippen molar-refractivity contribution < 1.29 is 14.5 Å². The Balaban J connectivity index is 2.01. The van der Waals surface area contributed by atoms with E-state index in [2.05, 4.69) is 15.4 Å². The third-order valence-electron chi connectivity index (χ3n) is 2.88. The molecule has 2 aromatic carbocycles. The van der Waals surface area contributed by atoms with Crippen molar-refractivity contribution in [3.8, 4) is 0 Å². The first-order valence-corrected chi connectivity index (χ1v) is 6.91. The van der Waals surface area contributed by atoms with Crippen LogP contribution in [0.3, 0.4) is 0 Å². The second-order valence-electron chi connectivity index (χ2n) is 4.46. The summed E-state index contributed by atoms with van der Waals surface area (Å²) in [7, 11) is 1.31. The van der Waals surface area contributed by atoms with Crippen LogP contribution >= 0.6 is 12.2 Å². The van der Waals surface area contributed by atoms with E-state index in [-0.39, 0.29) is 10.8 Å². The number of carbonyl (C=O) groups excluding carboxylic acids is 1. The molecule has 0 atom stereocenters. The molecule has 2 aromatic rings. The van der Waals surface area contributed by atoms with E-state index in [0.29, 0.717) is 16.9 Å². The van der Waals surface area contributed by atoms with E-state index >= 15 is 0 Å². The first-order valence-electron chi connectivity index (χ1n) is 6.50. The van der Waals surface area contributed by atoms with Gasteiger partial charge >= 0.3 is 5.97 Å².